The average molecular weight is 345 g/mol. The largest absolute Gasteiger partial charge is 0.350 e. The number of carbonyl (C=O) groups is 2. The number of carbonyl (C=O) groups excluding carboxylic acids is 2. The summed E-state index contributed by atoms with van der Waals surface area (Å²) < 4.78 is 0. The third-order valence-electron chi connectivity index (χ3n) is 3.45. The van der Waals surface area contributed by atoms with Gasteiger partial charge in [-0.1, -0.05) is 24.3 Å². The van der Waals surface area contributed by atoms with Gasteiger partial charge in [0.2, 0.25) is 5.91 Å². The molecule has 1 aromatic heterocycles. The SMILES string of the molecule is Cc1ccc(C(=O)NCC(=O)NCc2ccccc2CN(C)C)s1. The Morgan fingerprint density at radius 3 is 2.38 bits per heavy atom. The fraction of sp³-hybridized carbons (Fsp3) is 0.333. The zero-order chi connectivity index (χ0) is 17.5. The average Bonchev–Trinajstić information content (AvgIpc) is 2.98. The molecule has 5 nitrogen and oxygen atoms in total. The van der Waals surface area contributed by atoms with Crippen molar-refractivity contribution < 1.29 is 9.59 Å². The van der Waals surface area contributed by atoms with E-state index in [0.29, 0.717) is 11.4 Å². The van der Waals surface area contributed by atoms with Crippen molar-refractivity contribution in [1.29, 1.82) is 0 Å². The second kappa shape index (κ2) is 8.61. The Morgan fingerprint density at radius 1 is 1.04 bits per heavy atom. The Bertz CT molecular complexity index is 710. The van der Waals surface area contributed by atoms with Crippen molar-refractivity contribution in [1.82, 2.24) is 15.5 Å². The predicted octanol–water partition coefficient (Wildman–Crippen LogP) is 2.16. The lowest BCUT2D eigenvalue weighted by Crippen LogP contribution is -2.36. The highest BCUT2D eigenvalue weighted by molar-refractivity contribution is 7.13. The van der Waals surface area contributed by atoms with Gasteiger partial charge in [-0.05, 0) is 44.3 Å². The molecule has 1 aromatic carbocycles. The Balaban J connectivity index is 1.82. The van der Waals surface area contributed by atoms with Crippen LogP contribution in [-0.2, 0) is 17.9 Å². The number of thiophene rings is 1. The van der Waals surface area contributed by atoms with Crippen LogP contribution < -0.4 is 10.6 Å². The molecule has 128 valence electrons. The molecule has 2 amide bonds. The Kier molecular flexibility index (Phi) is 6.52. The van der Waals surface area contributed by atoms with Crippen LogP contribution in [0, 0.1) is 6.92 Å². The molecule has 2 rings (SSSR count). The number of hydrogen-bond acceptors (Lipinski definition) is 4. The van der Waals surface area contributed by atoms with E-state index in [0.717, 1.165) is 17.0 Å². The number of amides is 2. The number of nitrogens with one attached hydrogen (secondary N) is 2. The first-order valence-corrected chi connectivity index (χ1v) is 8.60. The lowest BCUT2D eigenvalue weighted by atomic mass is 10.1. The number of hydrogen-bond donors (Lipinski definition) is 2. The van der Waals surface area contributed by atoms with Crippen molar-refractivity contribution in [2.45, 2.75) is 20.0 Å². The van der Waals surface area contributed by atoms with Crippen LogP contribution in [0.15, 0.2) is 36.4 Å². The van der Waals surface area contributed by atoms with Gasteiger partial charge in [0.15, 0.2) is 0 Å². The minimum atomic E-state index is -0.212. The van der Waals surface area contributed by atoms with E-state index in [1.165, 1.54) is 16.9 Å². The third-order valence-corrected chi connectivity index (χ3v) is 4.45. The summed E-state index contributed by atoms with van der Waals surface area (Å²) >= 11 is 1.42. The van der Waals surface area contributed by atoms with Crippen LogP contribution in [0.2, 0.25) is 0 Å². The van der Waals surface area contributed by atoms with Crippen LogP contribution in [0.1, 0.15) is 25.7 Å². The Morgan fingerprint density at radius 2 is 1.75 bits per heavy atom. The molecule has 0 fully saturated rings. The number of nitrogens with zero attached hydrogens (tertiary/aromatic N) is 1. The Hall–Kier alpha value is -2.18. The zero-order valence-electron chi connectivity index (χ0n) is 14.3. The standard InChI is InChI=1S/C18H23N3O2S/c1-13-8-9-16(24-13)18(23)20-11-17(22)19-10-14-6-4-5-7-15(14)12-21(2)3/h4-9H,10-12H2,1-3H3,(H,19,22)(H,20,23). The summed E-state index contributed by atoms with van der Waals surface area (Å²) in [6.07, 6.45) is 0. The van der Waals surface area contributed by atoms with E-state index in [4.69, 9.17) is 0 Å². The minimum Gasteiger partial charge on any atom is -0.350 e. The van der Waals surface area contributed by atoms with E-state index in [-0.39, 0.29) is 18.4 Å². The van der Waals surface area contributed by atoms with Crippen molar-refractivity contribution in [3.8, 4) is 0 Å². The second-order valence-corrected chi connectivity index (χ2v) is 7.16. The van der Waals surface area contributed by atoms with Gasteiger partial charge in [0.25, 0.3) is 5.91 Å². The third kappa shape index (κ3) is 5.47. The molecular formula is C18H23N3O2S. The fourth-order valence-corrected chi connectivity index (χ4v) is 3.07. The van der Waals surface area contributed by atoms with Crippen LogP contribution in [0.5, 0.6) is 0 Å². The summed E-state index contributed by atoms with van der Waals surface area (Å²) in [6.45, 7) is 3.20. The topological polar surface area (TPSA) is 61.4 Å². The normalized spacial score (nSPS) is 10.7. The van der Waals surface area contributed by atoms with Crippen LogP contribution in [-0.4, -0.2) is 37.4 Å². The summed E-state index contributed by atoms with van der Waals surface area (Å²) in [5, 5.41) is 5.50. The number of rotatable bonds is 7. The lowest BCUT2D eigenvalue weighted by Gasteiger charge is -2.14. The van der Waals surface area contributed by atoms with Gasteiger partial charge in [-0.25, -0.2) is 0 Å². The van der Waals surface area contributed by atoms with Crippen molar-refractivity contribution in [2.24, 2.45) is 0 Å². The molecule has 0 saturated carbocycles. The first-order chi connectivity index (χ1) is 11.5. The molecule has 0 spiro atoms. The van der Waals surface area contributed by atoms with Crippen molar-refractivity contribution in [3.05, 3.63) is 57.3 Å². The monoisotopic (exact) mass is 345 g/mol. The molecule has 1 heterocycles. The van der Waals surface area contributed by atoms with Gasteiger partial charge in [0, 0.05) is 18.0 Å². The lowest BCUT2D eigenvalue weighted by molar-refractivity contribution is -0.120. The summed E-state index contributed by atoms with van der Waals surface area (Å²) in [6, 6.07) is 11.7. The molecule has 2 aromatic rings. The van der Waals surface area contributed by atoms with Gasteiger partial charge in [0.1, 0.15) is 0 Å². The fourth-order valence-electron chi connectivity index (χ4n) is 2.29. The summed E-state index contributed by atoms with van der Waals surface area (Å²) in [7, 11) is 4.02. The first-order valence-electron chi connectivity index (χ1n) is 7.78. The van der Waals surface area contributed by atoms with E-state index in [2.05, 4.69) is 21.6 Å². The van der Waals surface area contributed by atoms with Gasteiger partial charge in [-0.15, -0.1) is 11.3 Å². The van der Waals surface area contributed by atoms with Gasteiger partial charge >= 0.3 is 0 Å². The molecular weight excluding hydrogens is 322 g/mol. The molecule has 24 heavy (non-hydrogen) atoms. The van der Waals surface area contributed by atoms with Gasteiger partial charge in [-0.3, -0.25) is 9.59 Å². The van der Waals surface area contributed by atoms with E-state index >= 15 is 0 Å². The maximum absolute atomic E-state index is 12.0. The molecule has 0 atom stereocenters. The molecule has 0 aliphatic heterocycles. The van der Waals surface area contributed by atoms with Gasteiger partial charge < -0.3 is 15.5 Å². The number of aryl methyl sites for hydroxylation is 1. The summed E-state index contributed by atoms with van der Waals surface area (Å²) in [5.41, 5.74) is 2.26. The van der Waals surface area contributed by atoms with Crippen molar-refractivity contribution in [3.63, 3.8) is 0 Å². The first kappa shape index (κ1) is 18.2. The highest BCUT2D eigenvalue weighted by Gasteiger charge is 2.10. The maximum Gasteiger partial charge on any atom is 0.261 e. The van der Waals surface area contributed by atoms with Gasteiger partial charge in [0.05, 0.1) is 11.4 Å². The molecule has 0 aliphatic rings. The van der Waals surface area contributed by atoms with E-state index in [1.54, 1.807) is 6.07 Å². The van der Waals surface area contributed by atoms with Crippen molar-refractivity contribution >= 4 is 23.2 Å². The smallest absolute Gasteiger partial charge is 0.261 e. The van der Waals surface area contributed by atoms with Crippen LogP contribution in [0.4, 0.5) is 0 Å². The summed E-state index contributed by atoms with van der Waals surface area (Å²) in [5.74, 6) is -0.410. The van der Waals surface area contributed by atoms with Crippen LogP contribution >= 0.6 is 11.3 Å². The molecule has 0 radical (unpaired) electrons. The van der Waals surface area contributed by atoms with E-state index in [9.17, 15) is 9.59 Å². The van der Waals surface area contributed by atoms with Crippen molar-refractivity contribution in [2.75, 3.05) is 20.6 Å². The number of benzene rings is 1. The molecule has 0 unspecified atom stereocenters. The second-order valence-electron chi connectivity index (χ2n) is 5.88. The molecule has 0 saturated heterocycles. The molecule has 0 aliphatic carbocycles. The minimum absolute atomic E-state index is 0.0222. The maximum atomic E-state index is 12.0. The van der Waals surface area contributed by atoms with E-state index < -0.39 is 0 Å². The molecule has 2 N–H and O–H groups in total. The quantitative estimate of drug-likeness (QED) is 0.808. The summed E-state index contributed by atoms with van der Waals surface area (Å²) in [4.78, 5) is 27.7. The highest BCUT2D eigenvalue weighted by atomic mass is 32.1. The van der Waals surface area contributed by atoms with Crippen LogP contribution in [0.25, 0.3) is 0 Å². The Labute approximate surface area is 146 Å². The predicted molar refractivity (Wildman–Crippen MR) is 97.1 cm³/mol. The molecule has 0 bridgehead atoms. The highest BCUT2D eigenvalue weighted by Crippen LogP contribution is 2.14. The molecule has 6 heteroatoms. The zero-order valence-corrected chi connectivity index (χ0v) is 15.1. The van der Waals surface area contributed by atoms with E-state index in [1.807, 2.05) is 45.3 Å². The van der Waals surface area contributed by atoms with Crippen LogP contribution in [0.3, 0.4) is 0 Å². The van der Waals surface area contributed by atoms with Gasteiger partial charge in [-0.2, -0.15) is 0 Å².